The van der Waals surface area contributed by atoms with Crippen LogP contribution in [-0.2, 0) is 19.5 Å². The molecule has 2 rings (SSSR count). The minimum Gasteiger partial charge on any atom is -0.376 e. The van der Waals surface area contributed by atoms with Crippen molar-refractivity contribution in [2.24, 2.45) is 0 Å². The maximum Gasteiger partial charge on any atom is 0.245 e. The van der Waals surface area contributed by atoms with Gasteiger partial charge in [-0.2, -0.15) is 4.98 Å². The first-order valence-corrected chi connectivity index (χ1v) is 7.62. The Kier molecular flexibility index (Phi) is 5.75. The summed E-state index contributed by atoms with van der Waals surface area (Å²) in [6, 6.07) is 8.37. The monoisotopic (exact) mass is 288 g/mol. The molecule has 114 valence electrons. The highest BCUT2D eigenvalue weighted by molar-refractivity contribution is 5.51. The molecule has 1 heterocycles. The number of benzene rings is 1. The summed E-state index contributed by atoms with van der Waals surface area (Å²) < 4.78 is 5.21. The predicted molar refractivity (Wildman–Crippen MR) is 84.1 cm³/mol. The van der Waals surface area contributed by atoms with Crippen molar-refractivity contribution in [3.63, 3.8) is 0 Å². The molecule has 0 aliphatic rings. The van der Waals surface area contributed by atoms with E-state index in [1.807, 2.05) is 13.0 Å². The van der Waals surface area contributed by atoms with Crippen LogP contribution in [0, 0.1) is 0 Å². The molecule has 0 aliphatic heterocycles. The van der Waals surface area contributed by atoms with Crippen molar-refractivity contribution in [3.05, 3.63) is 41.5 Å². The van der Waals surface area contributed by atoms with Crippen LogP contribution >= 0.6 is 0 Å². The summed E-state index contributed by atoms with van der Waals surface area (Å²) in [5.41, 5.74) is 2.41. The second-order valence-electron chi connectivity index (χ2n) is 4.93. The minimum atomic E-state index is 0.558. The molecule has 0 saturated carbocycles. The summed E-state index contributed by atoms with van der Waals surface area (Å²) in [5.74, 6) is 1.38. The highest BCUT2D eigenvalue weighted by atomic mass is 16.5. The lowest BCUT2D eigenvalue weighted by Gasteiger charge is -2.20. The number of nitrogens with one attached hydrogen (secondary N) is 1. The molecule has 0 spiro atoms. The summed E-state index contributed by atoms with van der Waals surface area (Å²) in [6.07, 6.45) is 0.794. The topological polar surface area (TPSA) is 54.2 Å². The molecular formula is C16H24N4O. The van der Waals surface area contributed by atoms with Crippen LogP contribution < -0.4 is 5.32 Å². The SMILES string of the molecule is CCc1noc(CNc2ccccc2CN(CC)CC)n1. The molecule has 0 saturated heterocycles. The molecule has 1 aromatic heterocycles. The van der Waals surface area contributed by atoms with E-state index in [-0.39, 0.29) is 0 Å². The van der Waals surface area contributed by atoms with Gasteiger partial charge in [0.15, 0.2) is 5.82 Å². The molecule has 2 aromatic rings. The zero-order valence-electron chi connectivity index (χ0n) is 13.1. The van der Waals surface area contributed by atoms with E-state index >= 15 is 0 Å². The quantitative estimate of drug-likeness (QED) is 0.809. The Morgan fingerprint density at radius 1 is 1.14 bits per heavy atom. The second-order valence-corrected chi connectivity index (χ2v) is 4.93. The van der Waals surface area contributed by atoms with Crippen molar-refractivity contribution < 1.29 is 4.52 Å². The van der Waals surface area contributed by atoms with Gasteiger partial charge in [-0.3, -0.25) is 4.90 Å². The first kappa shape index (κ1) is 15.5. The van der Waals surface area contributed by atoms with Gasteiger partial charge in [-0.1, -0.05) is 44.1 Å². The van der Waals surface area contributed by atoms with Crippen LogP contribution in [0.3, 0.4) is 0 Å². The minimum absolute atomic E-state index is 0.558. The molecule has 21 heavy (non-hydrogen) atoms. The molecule has 0 unspecified atom stereocenters. The van der Waals surface area contributed by atoms with E-state index < -0.39 is 0 Å². The summed E-state index contributed by atoms with van der Waals surface area (Å²) >= 11 is 0. The van der Waals surface area contributed by atoms with Crippen LogP contribution in [0.4, 0.5) is 5.69 Å². The van der Waals surface area contributed by atoms with Crippen LogP contribution in [0.5, 0.6) is 0 Å². The maximum absolute atomic E-state index is 5.21. The van der Waals surface area contributed by atoms with E-state index in [9.17, 15) is 0 Å². The molecule has 0 radical (unpaired) electrons. The molecular weight excluding hydrogens is 264 g/mol. The van der Waals surface area contributed by atoms with Crippen LogP contribution in [0.15, 0.2) is 28.8 Å². The summed E-state index contributed by atoms with van der Waals surface area (Å²) in [4.78, 5) is 6.71. The smallest absolute Gasteiger partial charge is 0.245 e. The van der Waals surface area contributed by atoms with E-state index in [1.165, 1.54) is 5.56 Å². The van der Waals surface area contributed by atoms with Crippen LogP contribution in [0.1, 0.15) is 38.0 Å². The van der Waals surface area contributed by atoms with Crippen molar-refractivity contribution in [1.82, 2.24) is 15.0 Å². The average molecular weight is 288 g/mol. The third-order valence-corrected chi connectivity index (χ3v) is 3.56. The molecule has 1 N–H and O–H groups in total. The van der Waals surface area contributed by atoms with Gasteiger partial charge < -0.3 is 9.84 Å². The number of para-hydroxylation sites is 1. The van der Waals surface area contributed by atoms with Gasteiger partial charge in [0.2, 0.25) is 5.89 Å². The van der Waals surface area contributed by atoms with Crippen molar-refractivity contribution in [1.29, 1.82) is 0 Å². The fraction of sp³-hybridized carbons (Fsp3) is 0.500. The Balaban J connectivity index is 2.02. The number of rotatable bonds is 8. The third kappa shape index (κ3) is 4.29. The number of anilines is 1. The maximum atomic E-state index is 5.21. The van der Waals surface area contributed by atoms with Gasteiger partial charge in [0.1, 0.15) is 0 Å². The first-order chi connectivity index (χ1) is 10.3. The summed E-state index contributed by atoms with van der Waals surface area (Å²) in [5, 5.41) is 7.31. The Hall–Kier alpha value is -1.88. The summed E-state index contributed by atoms with van der Waals surface area (Å²) in [6.45, 7) is 9.99. The molecule has 5 nitrogen and oxygen atoms in total. The second kappa shape index (κ2) is 7.78. The summed E-state index contributed by atoms with van der Waals surface area (Å²) in [7, 11) is 0. The van der Waals surface area contributed by atoms with Gasteiger partial charge in [0.25, 0.3) is 0 Å². The first-order valence-electron chi connectivity index (χ1n) is 7.62. The van der Waals surface area contributed by atoms with E-state index in [0.717, 1.165) is 37.6 Å². The zero-order valence-corrected chi connectivity index (χ0v) is 13.1. The van der Waals surface area contributed by atoms with Gasteiger partial charge in [-0.25, -0.2) is 0 Å². The van der Waals surface area contributed by atoms with Crippen LogP contribution in [0.2, 0.25) is 0 Å². The van der Waals surface area contributed by atoms with E-state index in [1.54, 1.807) is 0 Å². The van der Waals surface area contributed by atoms with E-state index in [4.69, 9.17) is 4.52 Å². The average Bonchev–Trinajstić information content (AvgIpc) is 2.99. The Morgan fingerprint density at radius 3 is 2.57 bits per heavy atom. The van der Waals surface area contributed by atoms with E-state index in [0.29, 0.717) is 12.4 Å². The lowest BCUT2D eigenvalue weighted by atomic mass is 10.1. The number of aryl methyl sites for hydroxylation is 1. The van der Waals surface area contributed by atoms with Crippen molar-refractivity contribution in [2.45, 2.75) is 40.3 Å². The fourth-order valence-corrected chi connectivity index (χ4v) is 2.20. The van der Waals surface area contributed by atoms with Gasteiger partial charge in [-0.15, -0.1) is 0 Å². The van der Waals surface area contributed by atoms with Gasteiger partial charge in [-0.05, 0) is 24.7 Å². The Bertz CT molecular complexity index is 549. The van der Waals surface area contributed by atoms with Crippen molar-refractivity contribution in [3.8, 4) is 0 Å². The van der Waals surface area contributed by atoms with Crippen molar-refractivity contribution >= 4 is 5.69 Å². The molecule has 1 aromatic carbocycles. The van der Waals surface area contributed by atoms with E-state index in [2.05, 4.69) is 52.4 Å². The largest absolute Gasteiger partial charge is 0.376 e. The molecule has 5 heteroatoms. The van der Waals surface area contributed by atoms with Crippen LogP contribution in [-0.4, -0.2) is 28.1 Å². The Labute approximate surface area is 126 Å². The molecule has 0 atom stereocenters. The van der Waals surface area contributed by atoms with Gasteiger partial charge in [0.05, 0.1) is 6.54 Å². The number of hydrogen-bond acceptors (Lipinski definition) is 5. The highest BCUT2D eigenvalue weighted by Crippen LogP contribution is 2.18. The molecule has 0 amide bonds. The number of hydrogen-bond donors (Lipinski definition) is 1. The van der Waals surface area contributed by atoms with Gasteiger partial charge >= 0.3 is 0 Å². The highest BCUT2D eigenvalue weighted by Gasteiger charge is 2.08. The van der Waals surface area contributed by atoms with Gasteiger partial charge in [0, 0.05) is 18.7 Å². The lowest BCUT2D eigenvalue weighted by molar-refractivity contribution is 0.296. The number of aromatic nitrogens is 2. The third-order valence-electron chi connectivity index (χ3n) is 3.56. The molecule has 0 bridgehead atoms. The Morgan fingerprint density at radius 2 is 1.90 bits per heavy atom. The lowest BCUT2D eigenvalue weighted by Crippen LogP contribution is -2.22. The standard InChI is InChI=1S/C16H24N4O/c1-4-15-18-16(21-19-15)11-17-14-10-8-7-9-13(14)12-20(5-2)6-3/h7-10,17H,4-6,11-12H2,1-3H3. The predicted octanol–water partition coefficient (Wildman–Crippen LogP) is 3.09. The zero-order chi connectivity index (χ0) is 15.1. The fourth-order valence-electron chi connectivity index (χ4n) is 2.20. The van der Waals surface area contributed by atoms with Crippen LogP contribution in [0.25, 0.3) is 0 Å². The molecule has 0 aliphatic carbocycles. The van der Waals surface area contributed by atoms with Crippen molar-refractivity contribution in [2.75, 3.05) is 18.4 Å². The number of nitrogens with zero attached hydrogens (tertiary/aromatic N) is 3. The molecule has 0 fully saturated rings. The normalized spacial score (nSPS) is 11.0.